The van der Waals surface area contributed by atoms with Gasteiger partial charge in [-0.3, -0.25) is 4.79 Å². The Bertz CT molecular complexity index is 242. The maximum Gasteiger partial charge on any atom is 0.252 e. The molecule has 0 radical (unpaired) electrons. The molecule has 0 fully saturated rings. The molecule has 0 saturated heterocycles. The van der Waals surface area contributed by atoms with Gasteiger partial charge < -0.3 is 0 Å². The lowest BCUT2D eigenvalue weighted by Gasteiger charge is -2.13. The zero-order valence-electron chi connectivity index (χ0n) is 6.10. The standard InChI is InChI=1S/C8H8BrClO/c1-5-2-3-6(8(10)11)4-7(5)9/h3-5H,2H2,1H3. The van der Waals surface area contributed by atoms with Crippen molar-refractivity contribution >= 4 is 32.8 Å². The Morgan fingerprint density at radius 2 is 2.45 bits per heavy atom. The Kier molecular flexibility index (Phi) is 2.90. The van der Waals surface area contributed by atoms with Gasteiger partial charge in [0.1, 0.15) is 0 Å². The second-order valence-electron chi connectivity index (χ2n) is 2.60. The Morgan fingerprint density at radius 3 is 2.91 bits per heavy atom. The van der Waals surface area contributed by atoms with Gasteiger partial charge in [-0.2, -0.15) is 0 Å². The van der Waals surface area contributed by atoms with Crippen LogP contribution in [-0.2, 0) is 4.79 Å². The van der Waals surface area contributed by atoms with Crippen molar-refractivity contribution in [1.29, 1.82) is 0 Å². The number of carbonyl (C=O) groups excluding carboxylic acids is 1. The van der Waals surface area contributed by atoms with Gasteiger partial charge in [-0.05, 0) is 34.5 Å². The van der Waals surface area contributed by atoms with Crippen molar-refractivity contribution in [2.75, 3.05) is 0 Å². The molecule has 0 spiro atoms. The molecule has 0 amide bonds. The van der Waals surface area contributed by atoms with Gasteiger partial charge in [0.05, 0.1) is 0 Å². The molecule has 1 nitrogen and oxygen atoms in total. The molecule has 0 aromatic rings. The Labute approximate surface area is 79.2 Å². The van der Waals surface area contributed by atoms with E-state index in [9.17, 15) is 4.79 Å². The summed E-state index contributed by atoms with van der Waals surface area (Å²) in [5, 5.41) is -0.381. The third-order valence-electron chi connectivity index (χ3n) is 1.68. The van der Waals surface area contributed by atoms with Crippen LogP contribution in [-0.4, -0.2) is 5.24 Å². The zero-order valence-corrected chi connectivity index (χ0v) is 8.45. The van der Waals surface area contributed by atoms with Crippen LogP contribution >= 0.6 is 27.5 Å². The molecule has 0 saturated carbocycles. The third kappa shape index (κ3) is 2.17. The van der Waals surface area contributed by atoms with Crippen LogP contribution < -0.4 is 0 Å². The first kappa shape index (κ1) is 9.01. The fourth-order valence-corrected chi connectivity index (χ4v) is 1.47. The van der Waals surface area contributed by atoms with Crippen molar-refractivity contribution in [2.45, 2.75) is 13.3 Å². The number of allylic oxidation sites excluding steroid dienone is 4. The van der Waals surface area contributed by atoms with E-state index >= 15 is 0 Å². The van der Waals surface area contributed by atoms with Crippen LogP contribution in [0.1, 0.15) is 13.3 Å². The second-order valence-corrected chi connectivity index (χ2v) is 3.86. The molecule has 0 aromatic heterocycles. The summed E-state index contributed by atoms with van der Waals surface area (Å²) in [6, 6.07) is 0. The van der Waals surface area contributed by atoms with E-state index in [1.54, 1.807) is 6.08 Å². The fourth-order valence-electron chi connectivity index (χ4n) is 0.903. The number of hydrogen-bond donors (Lipinski definition) is 0. The number of hydrogen-bond acceptors (Lipinski definition) is 1. The lowest BCUT2D eigenvalue weighted by atomic mass is 9.99. The summed E-state index contributed by atoms with van der Waals surface area (Å²) in [6.07, 6.45) is 4.53. The molecule has 0 bridgehead atoms. The predicted molar refractivity (Wildman–Crippen MR) is 49.7 cm³/mol. The number of halogens is 2. The van der Waals surface area contributed by atoms with E-state index in [0.29, 0.717) is 11.5 Å². The van der Waals surface area contributed by atoms with E-state index < -0.39 is 0 Å². The summed E-state index contributed by atoms with van der Waals surface area (Å²) in [6.45, 7) is 2.09. The lowest BCUT2D eigenvalue weighted by Crippen LogP contribution is -2.02. The molecule has 1 aliphatic rings. The van der Waals surface area contributed by atoms with Crippen LogP contribution in [0.4, 0.5) is 0 Å². The zero-order chi connectivity index (χ0) is 8.43. The fraction of sp³-hybridized carbons (Fsp3) is 0.375. The Balaban J connectivity index is 2.83. The number of carbonyl (C=O) groups is 1. The van der Waals surface area contributed by atoms with Crippen molar-refractivity contribution in [3.05, 3.63) is 22.2 Å². The predicted octanol–water partition coefficient (Wildman–Crippen LogP) is 3.00. The quantitative estimate of drug-likeness (QED) is 0.639. The van der Waals surface area contributed by atoms with E-state index in [-0.39, 0.29) is 5.24 Å². The third-order valence-corrected chi connectivity index (χ3v) is 2.91. The monoisotopic (exact) mass is 234 g/mol. The Hall–Kier alpha value is -0.0800. The van der Waals surface area contributed by atoms with Gasteiger partial charge in [-0.1, -0.05) is 28.9 Å². The van der Waals surface area contributed by atoms with E-state index in [2.05, 4.69) is 22.9 Å². The first-order chi connectivity index (χ1) is 5.11. The number of rotatable bonds is 1. The van der Waals surface area contributed by atoms with Crippen molar-refractivity contribution in [2.24, 2.45) is 5.92 Å². The van der Waals surface area contributed by atoms with Crippen LogP contribution in [0, 0.1) is 5.92 Å². The molecule has 11 heavy (non-hydrogen) atoms. The molecule has 1 atom stereocenters. The summed E-state index contributed by atoms with van der Waals surface area (Å²) in [7, 11) is 0. The van der Waals surface area contributed by atoms with E-state index in [0.717, 1.165) is 10.9 Å². The Morgan fingerprint density at radius 1 is 1.82 bits per heavy atom. The van der Waals surface area contributed by atoms with Gasteiger partial charge in [0, 0.05) is 5.57 Å². The summed E-state index contributed by atoms with van der Waals surface area (Å²) in [4.78, 5) is 10.7. The molecular weight excluding hydrogens is 227 g/mol. The summed E-state index contributed by atoms with van der Waals surface area (Å²) >= 11 is 8.67. The van der Waals surface area contributed by atoms with Crippen LogP contribution in [0.2, 0.25) is 0 Å². The average molecular weight is 236 g/mol. The summed E-state index contributed by atoms with van der Waals surface area (Å²) in [5.41, 5.74) is 0.594. The highest BCUT2D eigenvalue weighted by Gasteiger charge is 2.13. The molecule has 1 unspecified atom stereocenters. The highest BCUT2D eigenvalue weighted by atomic mass is 79.9. The first-order valence-corrected chi connectivity index (χ1v) is 4.55. The van der Waals surface area contributed by atoms with Crippen molar-refractivity contribution < 1.29 is 4.79 Å². The largest absolute Gasteiger partial charge is 0.276 e. The SMILES string of the molecule is CC1CC=C(C(=O)Cl)C=C1Br. The molecule has 3 heteroatoms. The average Bonchev–Trinajstić information content (AvgIpc) is 1.94. The van der Waals surface area contributed by atoms with E-state index in [1.807, 2.05) is 6.08 Å². The molecule has 0 heterocycles. The van der Waals surface area contributed by atoms with Crippen molar-refractivity contribution in [1.82, 2.24) is 0 Å². The lowest BCUT2D eigenvalue weighted by molar-refractivity contribution is -0.108. The van der Waals surface area contributed by atoms with Crippen molar-refractivity contribution in [3.63, 3.8) is 0 Å². The van der Waals surface area contributed by atoms with Crippen LogP contribution in [0.25, 0.3) is 0 Å². The van der Waals surface area contributed by atoms with Crippen molar-refractivity contribution in [3.8, 4) is 0 Å². The van der Waals surface area contributed by atoms with Crippen LogP contribution in [0.15, 0.2) is 22.2 Å². The minimum atomic E-state index is -0.381. The molecule has 0 aliphatic heterocycles. The minimum absolute atomic E-state index is 0.381. The van der Waals surface area contributed by atoms with E-state index in [1.165, 1.54) is 0 Å². The maximum atomic E-state index is 10.7. The highest BCUT2D eigenvalue weighted by Crippen LogP contribution is 2.28. The van der Waals surface area contributed by atoms with Gasteiger partial charge >= 0.3 is 0 Å². The first-order valence-electron chi connectivity index (χ1n) is 3.38. The second kappa shape index (κ2) is 3.55. The maximum absolute atomic E-state index is 10.7. The topological polar surface area (TPSA) is 17.1 Å². The van der Waals surface area contributed by atoms with Gasteiger partial charge in [0.15, 0.2) is 0 Å². The highest BCUT2D eigenvalue weighted by molar-refractivity contribution is 9.11. The molecule has 0 aromatic carbocycles. The van der Waals surface area contributed by atoms with Gasteiger partial charge in [0.2, 0.25) is 0 Å². The minimum Gasteiger partial charge on any atom is -0.276 e. The molecule has 60 valence electrons. The van der Waals surface area contributed by atoms with Gasteiger partial charge in [-0.25, -0.2) is 0 Å². The smallest absolute Gasteiger partial charge is 0.252 e. The molecule has 1 rings (SSSR count). The molecular formula is C8H8BrClO. The molecule has 1 aliphatic carbocycles. The van der Waals surface area contributed by atoms with Gasteiger partial charge in [0.25, 0.3) is 5.24 Å². The summed E-state index contributed by atoms with van der Waals surface area (Å²) in [5.74, 6) is 0.467. The van der Waals surface area contributed by atoms with Crippen LogP contribution in [0.5, 0.6) is 0 Å². The normalized spacial score (nSPS) is 24.1. The molecule has 0 N–H and O–H groups in total. The van der Waals surface area contributed by atoms with E-state index in [4.69, 9.17) is 11.6 Å². The summed E-state index contributed by atoms with van der Waals surface area (Å²) < 4.78 is 1.05. The van der Waals surface area contributed by atoms with Gasteiger partial charge in [-0.15, -0.1) is 0 Å². The van der Waals surface area contributed by atoms with Crippen LogP contribution in [0.3, 0.4) is 0 Å².